The third-order valence-electron chi connectivity index (χ3n) is 4.86. The van der Waals surface area contributed by atoms with Crippen LogP contribution in [0.5, 0.6) is 5.88 Å². The number of amides is 1. The molecule has 26 heavy (non-hydrogen) atoms. The Morgan fingerprint density at radius 1 is 1.31 bits per heavy atom. The van der Waals surface area contributed by atoms with Crippen LogP contribution < -0.4 is 10.1 Å². The first-order valence-corrected chi connectivity index (χ1v) is 9.38. The molecule has 2 saturated carbocycles. The Balaban J connectivity index is 1.49. The molecular weight excluding hydrogens is 332 g/mol. The van der Waals surface area contributed by atoms with Crippen molar-refractivity contribution < 1.29 is 14.1 Å². The predicted octanol–water partition coefficient (Wildman–Crippen LogP) is 3.32. The molecule has 2 aliphatic rings. The first-order chi connectivity index (χ1) is 12.6. The van der Waals surface area contributed by atoms with Crippen LogP contribution in [0.4, 0.5) is 0 Å². The largest absolute Gasteiger partial charge is 0.477 e. The summed E-state index contributed by atoms with van der Waals surface area (Å²) in [5.74, 6) is 2.51. The second-order valence-corrected chi connectivity index (χ2v) is 7.23. The molecule has 4 rings (SSSR count). The number of aromatic nitrogens is 3. The molecule has 2 aromatic heterocycles. The van der Waals surface area contributed by atoms with E-state index >= 15 is 0 Å². The molecule has 2 fully saturated rings. The van der Waals surface area contributed by atoms with E-state index in [2.05, 4.69) is 20.4 Å². The molecule has 2 heterocycles. The van der Waals surface area contributed by atoms with Gasteiger partial charge in [0.25, 0.3) is 5.91 Å². The zero-order valence-corrected chi connectivity index (χ0v) is 15.2. The van der Waals surface area contributed by atoms with Gasteiger partial charge in [0.05, 0.1) is 12.6 Å². The number of hydrogen-bond donors (Lipinski definition) is 1. The average Bonchev–Trinajstić information content (AvgIpc) is 3.57. The van der Waals surface area contributed by atoms with Gasteiger partial charge in [-0.25, -0.2) is 4.98 Å². The van der Waals surface area contributed by atoms with Gasteiger partial charge in [0.1, 0.15) is 5.69 Å². The fraction of sp³-hybridized carbons (Fsp3) is 0.579. The average molecular weight is 356 g/mol. The third kappa shape index (κ3) is 3.86. The maximum absolute atomic E-state index is 12.7. The van der Waals surface area contributed by atoms with E-state index in [1.165, 1.54) is 25.7 Å². The first kappa shape index (κ1) is 17.0. The molecule has 1 atom stereocenters. The number of aryl methyl sites for hydroxylation is 1. The Hall–Kier alpha value is -2.44. The lowest BCUT2D eigenvalue weighted by molar-refractivity contribution is 0.0927. The number of rotatable bonds is 8. The van der Waals surface area contributed by atoms with Gasteiger partial charge >= 0.3 is 0 Å². The third-order valence-corrected chi connectivity index (χ3v) is 4.86. The summed E-state index contributed by atoms with van der Waals surface area (Å²) in [7, 11) is 0. The lowest BCUT2D eigenvalue weighted by Gasteiger charge is -2.15. The maximum Gasteiger partial charge on any atom is 0.270 e. The highest BCUT2D eigenvalue weighted by molar-refractivity contribution is 5.92. The van der Waals surface area contributed by atoms with E-state index in [-0.39, 0.29) is 11.9 Å². The van der Waals surface area contributed by atoms with Gasteiger partial charge in [-0.05, 0) is 50.0 Å². The summed E-state index contributed by atoms with van der Waals surface area (Å²) in [6.07, 6.45) is 5.45. The summed E-state index contributed by atoms with van der Waals surface area (Å²) in [6.45, 7) is 4.38. The van der Waals surface area contributed by atoms with Gasteiger partial charge in [-0.3, -0.25) is 4.79 Å². The summed E-state index contributed by atoms with van der Waals surface area (Å²) in [4.78, 5) is 21.4. The van der Waals surface area contributed by atoms with Crippen molar-refractivity contribution in [3.63, 3.8) is 0 Å². The molecule has 0 bridgehead atoms. The molecule has 0 spiro atoms. The van der Waals surface area contributed by atoms with Crippen molar-refractivity contribution in [2.45, 2.75) is 57.9 Å². The summed E-state index contributed by atoms with van der Waals surface area (Å²) in [5.41, 5.74) is 1.49. The molecule has 1 unspecified atom stereocenters. The standard InChI is InChI=1S/C19H24N4O3/c1-3-15(17-20-11(2)26-23-17)21-18(24)16-9-8-14(13-6-7-13)19(22-16)25-10-12-4-5-12/h8-9,12-13,15H,3-7,10H2,1-2H3,(H,21,24). The smallest absolute Gasteiger partial charge is 0.270 e. The second kappa shape index (κ2) is 7.05. The van der Waals surface area contributed by atoms with Crippen LogP contribution in [0.15, 0.2) is 16.7 Å². The second-order valence-electron chi connectivity index (χ2n) is 7.23. The molecule has 0 aliphatic heterocycles. The minimum atomic E-state index is -0.305. The highest BCUT2D eigenvalue weighted by atomic mass is 16.5. The van der Waals surface area contributed by atoms with E-state index in [1.54, 1.807) is 13.0 Å². The van der Waals surface area contributed by atoms with Crippen LogP contribution in [0.2, 0.25) is 0 Å². The normalized spacial score (nSPS) is 17.8. The highest BCUT2D eigenvalue weighted by Crippen LogP contribution is 2.44. The lowest BCUT2D eigenvalue weighted by atomic mass is 10.1. The van der Waals surface area contributed by atoms with E-state index < -0.39 is 0 Å². The van der Waals surface area contributed by atoms with Crippen molar-refractivity contribution in [3.05, 3.63) is 35.1 Å². The minimum Gasteiger partial charge on any atom is -0.477 e. The van der Waals surface area contributed by atoms with Gasteiger partial charge < -0.3 is 14.6 Å². The van der Waals surface area contributed by atoms with Crippen molar-refractivity contribution in [1.82, 2.24) is 20.4 Å². The minimum absolute atomic E-state index is 0.252. The number of ether oxygens (including phenoxy) is 1. The van der Waals surface area contributed by atoms with Crippen LogP contribution >= 0.6 is 0 Å². The zero-order chi connectivity index (χ0) is 18.1. The fourth-order valence-electron chi connectivity index (χ4n) is 2.92. The predicted molar refractivity (Wildman–Crippen MR) is 94.0 cm³/mol. The quantitative estimate of drug-likeness (QED) is 0.780. The molecule has 2 aliphatic carbocycles. The van der Waals surface area contributed by atoms with Gasteiger partial charge in [0, 0.05) is 12.5 Å². The Morgan fingerprint density at radius 3 is 2.73 bits per heavy atom. The Kier molecular flexibility index (Phi) is 4.61. The summed E-state index contributed by atoms with van der Waals surface area (Å²) >= 11 is 0. The molecule has 0 radical (unpaired) electrons. The first-order valence-electron chi connectivity index (χ1n) is 9.38. The van der Waals surface area contributed by atoms with Crippen LogP contribution in [0.1, 0.15) is 78.8 Å². The van der Waals surface area contributed by atoms with Crippen molar-refractivity contribution >= 4 is 5.91 Å². The number of nitrogens with zero attached hydrogens (tertiary/aromatic N) is 3. The molecule has 138 valence electrons. The Morgan fingerprint density at radius 2 is 2.12 bits per heavy atom. The molecule has 1 N–H and O–H groups in total. The van der Waals surface area contributed by atoms with E-state index in [1.807, 2.05) is 13.0 Å². The van der Waals surface area contributed by atoms with Gasteiger partial charge in [0.2, 0.25) is 11.8 Å². The number of pyridine rings is 1. The molecule has 7 heteroatoms. The number of nitrogens with one attached hydrogen (secondary N) is 1. The molecule has 0 saturated heterocycles. The van der Waals surface area contributed by atoms with Crippen molar-refractivity contribution in [3.8, 4) is 5.88 Å². The molecule has 7 nitrogen and oxygen atoms in total. The van der Waals surface area contributed by atoms with E-state index in [0.29, 0.717) is 48.2 Å². The number of carbonyl (C=O) groups is 1. The van der Waals surface area contributed by atoms with Crippen LogP contribution in [-0.2, 0) is 0 Å². The summed E-state index contributed by atoms with van der Waals surface area (Å²) in [5, 5.41) is 6.85. The van der Waals surface area contributed by atoms with Crippen LogP contribution in [-0.4, -0.2) is 27.6 Å². The van der Waals surface area contributed by atoms with Crippen LogP contribution in [0, 0.1) is 12.8 Å². The maximum atomic E-state index is 12.7. The Labute approximate surface area is 152 Å². The zero-order valence-electron chi connectivity index (χ0n) is 15.2. The highest BCUT2D eigenvalue weighted by Gasteiger charge is 2.30. The van der Waals surface area contributed by atoms with E-state index in [4.69, 9.17) is 9.26 Å². The molecule has 0 aromatic carbocycles. The van der Waals surface area contributed by atoms with Gasteiger partial charge in [-0.2, -0.15) is 4.98 Å². The van der Waals surface area contributed by atoms with Crippen molar-refractivity contribution in [1.29, 1.82) is 0 Å². The van der Waals surface area contributed by atoms with Crippen molar-refractivity contribution in [2.24, 2.45) is 5.92 Å². The fourth-order valence-corrected chi connectivity index (χ4v) is 2.92. The number of carbonyl (C=O) groups excluding carboxylic acids is 1. The van der Waals surface area contributed by atoms with E-state index in [9.17, 15) is 4.79 Å². The topological polar surface area (TPSA) is 90.1 Å². The summed E-state index contributed by atoms with van der Waals surface area (Å²) in [6, 6.07) is 3.46. The lowest BCUT2D eigenvalue weighted by Crippen LogP contribution is -2.29. The monoisotopic (exact) mass is 356 g/mol. The van der Waals surface area contributed by atoms with Gasteiger partial charge in [-0.1, -0.05) is 18.1 Å². The van der Waals surface area contributed by atoms with Gasteiger partial charge in [-0.15, -0.1) is 0 Å². The molecule has 2 aromatic rings. The number of hydrogen-bond acceptors (Lipinski definition) is 6. The van der Waals surface area contributed by atoms with Crippen LogP contribution in [0.3, 0.4) is 0 Å². The molecule has 1 amide bonds. The molecular formula is C19H24N4O3. The SMILES string of the molecule is CCC(NC(=O)c1ccc(C2CC2)c(OCC2CC2)n1)c1noc(C)n1. The van der Waals surface area contributed by atoms with Crippen molar-refractivity contribution in [2.75, 3.05) is 6.61 Å². The summed E-state index contributed by atoms with van der Waals surface area (Å²) < 4.78 is 11.0. The Bertz CT molecular complexity index is 796. The van der Waals surface area contributed by atoms with E-state index in [0.717, 1.165) is 5.56 Å². The van der Waals surface area contributed by atoms with Gasteiger partial charge in [0.15, 0.2) is 5.82 Å². The van der Waals surface area contributed by atoms with Crippen LogP contribution in [0.25, 0.3) is 0 Å².